The van der Waals surface area contributed by atoms with E-state index >= 15 is 0 Å². The fraction of sp³-hybridized carbons (Fsp3) is 0.571. The van der Waals surface area contributed by atoms with Gasteiger partial charge in [-0.2, -0.15) is 0 Å². The van der Waals surface area contributed by atoms with E-state index in [-0.39, 0.29) is 12.6 Å². The fourth-order valence-electron chi connectivity index (χ4n) is 1.14. The van der Waals surface area contributed by atoms with Crippen LogP contribution < -0.4 is 0 Å². The number of aliphatic hydroxyl groups excluding tert-OH is 1. The highest BCUT2D eigenvalue weighted by molar-refractivity contribution is 5.14. The van der Waals surface area contributed by atoms with Gasteiger partial charge >= 0.3 is 5.95 Å². The van der Waals surface area contributed by atoms with E-state index in [9.17, 15) is 10.1 Å². The zero-order chi connectivity index (χ0) is 9.84. The zero-order valence-corrected chi connectivity index (χ0v) is 7.30. The summed E-state index contributed by atoms with van der Waals surface area (Å²) < 4.78 is 1.42. The third-order valence-corrected chi connectivity index (χ3v) is 1.69. The molecule has 1 rings (SSSR count). The Morgan fingerprint density at radius 1 is 1.77 bits per heavy atom. The van der Waals surface area contributed by atoms with E-state index in [1.54, 1.807) is 0 Å². The van der Waals surface area contributed by atoms with Crippen LogP contribution in [-0.4, -0.2) is 19.6 Å². The van der Waals surface area contributed by atoms with E-state index in [0.717, 1.165) is 6.42 Å². The minimum Gasteiger partial charge on any atom is -0.390 e. The van der Waals surface area contributed by atoms with Crippen molar-refractivity contribution < 1.29 is 10.0 Å². The predicted octanol–water partition coefficient (Wildman–Crippen LogP) is 0.694. The fourth-order valence-corrected chi connectivity index (χ4v) is 1.14. The van der Waals surface area contributed by atoms with Gasteiger partial charge in [0.2, 0.25) is 0 Å². The number of rotatable bonds is 4. The van der Waals surface area contributed by atoms with Crippen molar-refractivity contribution in [3.63, 3.8) is 0 Å². The van der Waals surface area contributed by atoms with Crippen LogP contribution in [0.1, 0.15) is 19.0 Å². The van der Waals surface area contributed by atoms with Crippen LogP contribution in [0.25, 0.3) is 0 Å². The number of hydrogen-bond acceptors (Lipinski definition) is 4. The second kappa shape index (κ2) is 3.99. The summed E-state index contributed by atoms with van der Waals surface area (Å²) in [6.07, 6.45) is 2.10. The summed E-state index contributed by atoms with van der Waals surface area (Å²) in [5.74, 6) is -0.203. The lowest BCUT2D eigenvalue weighted by Gasteiger charge is -2.01. The first-order valence-electron chi connectivity index (χ1n) is 4.00. The summed E-state index contributed by atoms with van der Waals surface area (Å²) in [5.41, 5.74) is 0.480. The van der Waals surface area contributed by atoms with E-state index < -0.39 is 4.92 Å². The van der Waals surface area contributed by atoms with Crippen LogP contribution in [0.15, 0.2) is 6.20 Å². The molecule has 1 aromatic heterocycles. The maximum absolute atomic E-state index is 10.5. The van der Waals surface area contributed by atoms with Crippen molar-refractivity contribution in [2.75, 3.05) is 0 Å². The molecule has 0 fully saturated rings. The van der Waals surface area contributed by atoms with E-state index in [4.69, 9.17) is 5.11 Å². The van der Waals surface area contributed by atoms with Gasteiger partial charge in [0.05, 0.1) is 6.54 Å². The molecule has 1 heterocycles. The molecule has 0 unspecified atom stereocenters. The summed E-state index contributed by atoms with van der Waals surface area (Å²) in [5, 5.41) is 19.3. The topological polar surface area (TPSA) is 81.2 Å². The molecule has 1 aromatic rings. The first kappa shape index (κ1) is 9.66. The highest BCUT2D eigenvalue weighted by Gasteiger charge is 2.18. The van der Waals surface area contributed by atoms with E-state index in [1.807, 2.05) is 6.92 Å². The summed E-state index contributed by atoms with van der Waals surface area (Å²) in [6.45, 7) is 2.19. The van der Waals surface area contributed by atoms with Crippen molar-refractivity contribution in [3.8, 4) is 0 Å². The Kier molecular flexibility index (Phi) is 2.97. The van der Waals surface area contributed by atoms with E-state index in [2.05, 4.69) is 4.98 Å². The second-order valence-electron chi connectivity index (χ2n) is 2.62. The highest BCUT2D eigenvalue weighted by Crippen LogP contribution is 2.13. The minimum atomic E-state index is -0.547. The van der Waals surface area contributed by atoms with Crippen LogP contribution in [0.5, 0.6) is 0 Å². The molecule has 0 atom stereocenters. The number of hydrogen-bond donors (Lipinski definition) is 1. The molecule has 6 nitrogen and oxygen atoms in total. The Bertz CT molecular complexity index is 308. The van der Waals surface area contributed by atoms with Gasteiger partial charge in [0.15, 0.2) is 0 Å². The van der Waals surface area contributed by atoms with Gasteiger partial charge in [-0.25, -0.2) is 4.57 Å². The number of nitro groups is 1. The van der Waals surface area contributed by atoms with Gasteiger partial charge in [-0.05, 0) is 11.3 Å². The van der Waals surface area contributed by atoms with Crippen molar-refractivity contribution in [2.45, 2.75) is 26.5 Å². The van der Waals surface area contributed by atoms with Crippen LogP contribution >= 0.6 is 0 Å². The number of imidazole rings is 1. The molecular weight excluding hydrogens is 174 g/mol. The molecule has 0 aromatic carbocycles. The highest BCUT2D eigenvalue weighted by atomic mass is 16.6. The lowest BCUT2D eigenvalue weighted by Crippen LogP contribution is -2.06. The molecule has 0 aliphatic heterocycles. The Balaban J connectivity index is 3.06. The van der Waals surface area contributed by atoms with Crippen LogP contribution in [-0.2, 0) is 13.2 Å². The molecule has 0 radical (unpaired) electrons. The summed E-state index contributed by atoms with van der Waals surface area (Å²) >= 11 is 0. The number of nitrogens with zero attached hydrogens (tertiary/aromatic N) is 3. The molecule has 0 spiro atoms. The van der Waals surface area contributed by atoms with Gasteiger partial charge < -0.3 is 15.2 Å². The molecular formula is C7H11N3O3. The molecule has 0 amide bonds. The maximum atomic E-state index is 10.5. The quantitative estimate of drug-likeness (QED) is 0.552. The standard InChI is InChI=1S/C7H11N3O3/c1-2-3-9-6(5-11)4-8-7(9)10(12)13/h4,11H,2-3,5H2,1H3. The van der Waals surface area contributed by atoms with Crippen LogP contribution in [0.4, 0.5) is 5.95 Å². The molecule has 0 saturated heterocycles. The SMILES string of the molecule is CCCn1c(CO)cnc1[N+](=O)[O-]. The Morgan fingerprint density at radius 2 is 2.46 bits per heavy atom. The molecule has 1 N–H and O–H groups in total. The number of aromatic nitrogens is 2. The van der Waals surface area contributed by atoms with Gasteiger partial charge in [0.25, 0.3) is 0 Å². The molecule has 0 aliphatic carbocycles. The number of aliphatic hydroxyl groups is 1. The van der Waals surface area contributed by atoms with Crippen LogP contribution in [0, 0.1) is 10.1 Å². The van der Waals surface area contributed by atoms with Crippen LogP contribution in [0.3, 0.4) is 0 Å². The van der Waals surface area contributed by atoms with Gasteiger partial charge in [-0.15, -0.1) is 0 Å². The first-order chi connectivity index (χ1) is 6.20. The summed E-state index contributed by atoms with van der Waals surface area (Å²) in [4.78, 5) is 13.5. The van der Waals surface area contributed by atoms with Crippen LogP contribution in [0.2, 0.25) is 0 Å². The molecule has 0 bridgehead atoms. The van der Waals surface area contributed by atoms with Crippen molar-refractivity contribution in [3.05, 3.63) is 22.0 Å². The first-order valence-corrected chi connectivity index (χ1v) is 4.00. The third kappa shape index (κ3) is 1.83. The normalized spacial score (nSPS) is 10.3. The molecule has 6 heteroatoms. The van der Waals surface area contributed by atoms with E-state index in [1.165, 1.54) is 10.8 Å². The average Bonchev–Trinajstić information content (AvgIpc) is 2.48. The van der Waals surface area contributed by atoms with Gasteiger partial charge in [0.1, 0.15) is 18.5 Å². The van der Waals surface area contributed by atoms with Crippen molar-refractivity contribution >= 4 is 5.95 Å². The summed E-state index contributed by atoms with van der Waals surface area (Å²) in [7, 11) is 0. The zero-order valence-electron chi connectivity index (χ0n) is 7.30. The van der Waals surface area contributed by atoms with Crippen molar-refractivity contribution in [1.29, 1.82) is 0 Å². The molecule has 13 heavy (non-hydrogen) atoms. The predicted molar refractivity (Wildman–Crippen MR) is 45.1 cm³/mol. The second-order valence-corrected chi connectivity index (χ2v) is 2.62. The molecule has 0 saturated carbocycles. The molecule has 0 aliphatic rings. The minimum absolute atomic E-state index is 0.203. The lowest BCUT2D eigenvalue weighted by atomic mass is 10.4. The van der Waals surface area contributed by atoms with Gasteiger partial charge in [-0.3, -0.25) is 0 Å². The molecule has 72 valence electrons. The van der Waals surface area contributed by atoms with Crippen molar-refractivity contribution in [1.82, 2.24) is 9.55 Å². The smallest absolute Gasteiger partial charge is 0.390 e. The van der Waals surface area contributed by atoms with Crippen molar-refractivity contribution in [2.24, 2.45) is 0 Å². The Hall–Kier alpha value is -1.43. The maximum Gasteiger partial charge on any atom is 0.434 e. The van der Waals surface area contributed by atoms with Gasteiger partial charge in [-0.1, -0.05) is 11.9 Å². The Morgan fingerprint density at radius 3 is 2.92 bits per heavy atom. The Labute approximate surface area is 75.0 Å². The average molecular weight is 185 g/mol. The van der Waals surface area contributed by atoms with Gasteiger partial charge in [0, 0.05) is 0 Å². The summed E-state index contributed by atoms with van der Waals surface area (Å²) in [6, 6.07) is 0. The third-order valence-electron chi connectivity index (χ3n) is 1.69. The largest absolute Gasteiger partial charge is 0.434 e. The lowest BCUT2D eigenvalue weighted by molar-refractivity contribution is -0.396. The monoisotopic (exact) mass is 185 g/mol. The van der Waals surface area contributed by atoms with E-state index in [0.29, 0.717) is 12.2 Å².